The van der Waals surface area contributed by atoms with E-state index in [2.05, 4.69) is 0 Å². The summed E-state index contributed by atoms with van der Waals surface area (Å²) in [7, 11) is 1.25. The van der Waals surface area contributed by atoms with Gasteiger partial charge in [0.25, 0.3) is 0 Å². The number of rotatable bonds is 7. The minimum Gasteiger partial charge on any atom is -0.475 e. The largest absolute Gasteiger partial charge is 0.475 e. The predicted octanol–water partition coefficient (Wildman–Crippen LogP) is -4.64. The van der Waals surface area contributed by atoms with Gasteiger partial charge < -0.3 is 69.3 Å². The predicted molar refractivity (Wildman–Crippen MR) is 103 cm³/mol. The van der Waals surface area contributed by atoms with Gasteiger partial charge in [-0.1, -0.05) is 0 Å². The minimum atomic E-state index is -1.81. The zero-order valence-corrected chi connectivity index (χ0v) is 18.2. The van der Waals surface area contributed by atoms with Crippen LogP contribution in [0.3, 0.4) is 0 Å². The summed E-state index contributed by atoms with van der Waals surface area (Å²) in [6.45, 7) is 0.839. The van der Waals surface area contributed by atoms with Crippen LogP contribution >= 0.6 is 0 Å². The number of methoxy groups -OCH3 is 1. The molecule has 0 radical (unpaired) electrons. The summed E-state index contributed by atoms with van der Waals surface area (Å²) in [6.07, 6.45) is -18.9. The molecule has 34 heavy (non-hydrogen) atoms. The zero-order chi connectivity index (χ0) is 25.3. The lowest BCUT2D eigenvalue weighted by molar-refractivity contribution is -0.367. The van der Waals surface area contributed by atoms with Crippen molar-refractivity contribution in [2.24, 2.45) is 0 Å². The van der Waals surface area contributed by atoms with Gasteiger partial charge in [0.15, 0.2) is 12.6 Å². The highest BCUT2D eigenvalue weighted by molar-refractivity contribution is 5.84. The quantitative estimate of drug-likeness (QED) is 0.165. The van der Waals surface area contributed by atoms with Crippen LogP contribution in [0.2, 0.25) is 0 Å². The topological polar surface area (TPSA) is 234 Å². The molecule has 2 saturated heterocycles. The molecule has 2 fully saturated rings. The highest BCUT2D eigenvalue weighted by atomic mass is 16.7. The second kappa shape index (κ2) is 11.1. The van der Waals surface area contributed by atoms with E-state index in [0.717, 1.165) is 6.08 Å². The molecule has 8 N–H and O–H groups in total. The summed E-state index contributed by atoms with van der Waals surface area (Å²) in [5.74, 6) is -2.27. The molecule has 3 aliphatic heterocycles. The molecule has 196 valence electrons. The Morgan fingerprint density at radius 1 is 0.912 bits per heavy atom. The lowest BCUT2D eigenvalue weighted by atomic mass is 9.97. The lowest BCUT2D eigenvalue weighted by Gasteiger charge is -2.47. The fourth-order valence-electron chi connectivity index (χ4n) is 3.99. The van der Waals surface area contributed by atoms with Gasteiger partial charge >= 0.3 is 5.97 Å². The van der Waals surface area contributed by atoms with Gasteiger partial charge in [-0.3, -0.25) is 0 Å². The third kappa shape index (κ3) is 5.35. The summed E-state index contributed by atoms with van der Waals surface area (Å²) in [5, 5.41) is 80.3. The van der Waals surface area contributed by atoms with Gasteiger partial charge in [0, 0.05) is 7.11 Å². The van der Waals surface area contributed by atoms with Gasteiger partial charge in [-0.2, -0.15) is 0 Å². The standard InChI is InChI=1S/C19H30O15/c1-5-13(33-19-11(24)10(23)14(29-2)8(4-20)32-19)12(25)15(17(28)30-5)34-18-9(22)6(21)3-7(31-18)16(26)27/h3,5-6,8-15,17-25,28H,4H2,1-2H3,(H,26,27)/t5-,6-,8+,9+,10+,11+,12+,13-,14-,15+,17+,18+,19-/m0/s1. The monoisotopic (exact) mass is 498 g/mol. The van der Waals surface area contributed by atoms with Gasteiger partial charge in [0.2, 0.25) is 12.0 Å². The fraction of sp³-hybridized carbons (Fsp3) is 0.842. The van der Waals surface area contributed by atoms with Crippen LogP contribution in [-0.2, 0) is 33.2 Å². The number of hydrogen-bond donors (Lipinski definition) is 8. The Morgan fingerprint density at radius 3 is 2.15 bits per heavy atom. The number of carbonyl (C=O) groups is 1. The summed E-state index contributed by atoms with van der Waals surface area (Å²) >= 11 is 0. The maximum absolute atomic E-state index is 11.2. The smallest absolute Gasteiger partial charge is 0.371 e. The van der Waals surface area contributed by atoms with Crippen LogP contribution in [0.5, 0.6) is 0 Å². The third-order valence-corrected chi connectivity index (χ3v) is 5.85. The third-order valence-electron chi connectivity index (χ3n) is 5.85. The molecule has 0 aliphatic carbocycles. The van der Waals surface area contributed by atoms with Gasteiger partial charge in [0.1, 0.15) is 54.9 Å². The number of aliphatic hydroxyl groups excluding tert-OH is 7. The van der Waals surface area contributed by atoms with Crippen LogP contribution in [0.25, 0.3) is 0 Å². The Labute approximate surface area is 193 Å². The summed E-state index contributed by atoms with van der Waals surface area (Å²) in [6, 6.07) is 0. The van der Waals surface area contributed by atoms with E-state index in [0.29, 0.717) is 0 Å². The normalized spacial score (nSPS) is 47.6. The summed E-state index contributed by atoms with van der Waals surface area (Å²) in [4.78, 5) is 11.2. The molecule has 0 aromatic rings. The molecule has 0 saturated carbocycles. The van der Waals surface area contributed by atoms with Crippen molar-refractivity contribution in [1.82, 2.24) is 0 Å². The van der Waals surface area contributed by atoms with Crippen molar-refractivity contribution < 1.29 is 74.1 Å². The van der Waals surface area contributed by atoms with Gasteiger partial charge in [-0.25, -0.2) is 4.79 Å². The number of aliphatic hydroxyl groups is 7. The second-order valence-corrected chi connectivity index (χ2v) is 8.13. The molecule has 0 aromatic heterocycles. The molecule has 0 bridgehead atoms. The van der Waals surface area contributed by atoms with E-state index >= 15 is 0 Å². The van der Waals surface area contributed by atoms with E-state index in [-0.39, 0.29) is 0 Å². The Morgan fingerprint density at radius 2 is 1.56 bits per heavy atom. The van der Waals surface area contributed by atoms with Crippen molar-refractivity contribution >= 4 is 5.97 Å². The Hall–Kier alpha value is -1.47. The number of ether oxygens (including phenoxy) is 6. The molecule has 0 amide bonds. The molecule has 15 nitrogen and oxygen atoms in total. The van der Waals surface area contributed by atoms with E-state index in [9.17, 15) is 40.5 Å². The first-order chi connectivity index (χ1) is 16.0. The van der Waals surface area contributed by atoms with E-state index < -0.39 is 98.2 Å². The van der Waals surface area contributed by atoms with Crippen molar-refractivity contribution in [2.75, 3.05) is 13.7 Å². The van der Waals surface area contributed by atoms with Crippen molar-refractivity contribution in [3.05, 3.63) is 11.8 Å². The number of hydrogen-bond acceptors (Lipinski definition) is 14. The first-order valence-electron chi connectivity index (χ1n) is 10.5. The molecule has 0 spiro atoms. The van der Waals surface area contributed by atoms with Crippen molar-refractivity contribution in [3.8, 4) is 0 Å². The van der Waals surface area contributed by atoms with E-state index in [1.54, 1.807) is 0 Å². The van der Waals surface area contributed by atoms with Gasteiger partial charge in [0.05, 0.1) is 12.7 Å². The molecule has 0 unspecified atom stereocenters. The van der Waals surface area contributed by atoms with Crippen LogP contribution in [0.4, 0.5) is 0 Å². The molecule has 15 heteroatoms. The van der Waals surface area contributed by atoms with Gasteiger partial charge in [-0.15, -0.1) is 0 Å². The Kier molecular flexibility index (Phi) is 8.83. The van der Waals surface area contributed by atoms with Crippen molar-refractivity contribution in [3.63, 3.8) is 0 Å². The number of carboxylic acid groups (broad SMARTS) is 1. The zero-order valence-electron chi connectivity index (χ0n) is 18.2. The molecule has 3 aliphatic rings. The Balaban J connectivity index is 1.74. The molecular weight excluding hydrogens is 468 g/mol. The maximum atomic E-state index is 11.2. The van der Waals surface area contributed by atoms with Gasteiger partial charge in [-0.05, 0) is 13.0 Å². The van der Waals surface area contributed by atoms with Crippen molar-refractivity contribution in [2.45, 2.75) is 86.8 Å². The lowest BCUT2D eigenvalue weighted by Crippen LogP contribution is -2.64. The highest BCUT2D eigenvalue weighted by Crippen LogP contribution is 2.32. The molecule has 0 aromatic carbocycles. The fourth-order valence-corrected chi connectivity index (χ4v) is 3.99. The average Bonchev–Trinajstić information content (AvgIpc) is 2.78. The Bertz CT molecular complexity index is 730. The maximum Gasteiger partial charge on any atom is 0.371 e. The second-order valence-electron chi connectivity index (χ2n) is 8.13. The summed E-state index contributed by atoms with van der Waals surface area (Å²) < 4.78 is 31.8. The van der Waals surface area contributed by atoms with E-state index in [1.165, 1.54) is 14.0 Å². The highest BCUT2D eigenvalue weighted by Gasteiger charge is 2.51. The summed E-state index contributed by atoms with van der Waals surface area (Å²) in [5.41, 5.74) is 0. The van der Waals surface area contributed by atoms with Crippen LogP contribution < -0.4 is 0 Å². The van der Waals surface area contributed by atoms with Crippen LogP contribution in [-0.4, -0.2) is 140 Å². The molecule has 13 atom stereocenters. The average molecular weight is 498 g/mol. The molecular formula is C19H30O15. The van der Waals surface area contributed by atoms with E-state index in [4.69, 9.17) is 33.5 Å². The van der Waals surface area contributed by atoms with Crippen molar-refractivity contribution in [1.29, 1.82) is 0 Å². The molecule has 3 heterocycles. The number of aliphatic carboxylic acids is 1. The first kappa shape index (κ1) is 27.1. The van der Waals surface area contributed by atoms with Crippen LogP contribution in [0.15, 0.2) is 11.8 Å². The number of carboxylic acids is 1. The van der Waals surface area contributed by atoms with Crippen LogP contribution in [0.1, 0.15) is 6.92 Å². The van der Waals surface area contributed by atoms with E-state index in [1.807, 2.05) is 0 Å². The van der Waals surface area contributed by atoms with Crippen LogP contribution in [0, 0.1) is 0 Å². The first-order valence-corrected chi connectivity index (χ1v) is 10.5. The minimum absolute atomic E-state index is 0.579. The molecule has 3 rings (SSSR count). The SMILES string of the molecule is CO[C@@H]1[C@H](O)[C@@H](O)[C@H](O[C@@H]2[C@@H](O)[C@@H](O[C@H]3OC(C(=O)O)=C[C@H](O)[C@H]3O)[C@H](O)O[C@H]2C)O[C@@H]1CO.